The van der Waals surface area contributed by atoms with Gasteiger partial charge in [-0.05, 0) is 12.1 Å². The number of amidine groups is 1. The molecule has 0 unspecified atom stereocenters. The number of nitrogens with two attached hydrogens (primary N) is 1. The van der Waals surface area contributed by atoms with Crippen LogP contribution in [0.5, 0.6) is 0 Å². The summed E-state index contributed by atoms with van der Waals surface area (Å²) in [6, 6.07) is 3.44. The molecular weight excluding hydrogens is 182 g/mol. The summed E-state index contributed by atoms with van der Waals surface area (Å²) in [5.74, 6) is -1.65. The lowest BCUT2D eigenvalue weighted by molar-refractivity contribution is -0.129. The first kappa shape index (κ1) is 10.5. The molecule has 6 heteroatoms. The number of rotatable bonds is 1. The maximum absolute atomic E-state index is 10.2. The maximum atomic E-state index is 10.2. The Labute approximate surface area is 74.9 Å². The monoisotopic (exact) mass is 189 g/mol. The van der Waals surface area contributed by atoms with Crippen molar-refractivity contribution in [1.82, 2.24) is 4.68 Å². The third-order valence-electron chi connectivity index (χ3n) is 1.03. The SMILES string of the molecule is Cl.N/C(=N\n1cccc1)C(=O)O. The summed E-state index contributed by atoms with van der Waals surface area (Å²) >= 11 is 0. The van der Waals surface area contributed by atoms with Gasteiger partial charge in [-0.15, -0.1) is 17.5 Å². The molecule has 1 rings (SSSR count). The van der Waals surface area contributed by atoms with Crippen LogP contribution in [0.1, 0.15) is 0 Å². The summed E-state index contributed by atoms with van der Waals surface area (Å²) in [4.78, 5) is 10.2. The zero-order chi connectivity index (χ0) is 8.27. The third-order valence-corrected chi connectivity index (χ3v) is 1.03. The molecule has 5 nitrogen and oxygen atoms in total. The van der Waals surface area contributed by atoms with Crippen LogP contribution in [0.25, 0.3) is 0 Å². The van der Waals surface area contributed by atoms with Gasteiger partial charge in [0.15, 0.2) is 0 Å². The summed E-state index contributed by atoms with van der Waals surface area (Å²) in [6.07, 6.45) is 3.19. The summed E-state index contributed by atoms with van der Waals surface area (Å²) in [5, 5.41) is 11.8. The van der Waals surface area contributed by atoms with E-state index in [1.165, 1.54) is 4.68 Å². The van der Waals surface area contributed by atoms with Crippen LogP contribution in [0, 0.1) is 0 Å². The topological polar surface area (TPSA) is 80.6 Å². The van der Waals surface area contributed by atoms with Gasteiger partial charge in [0.2, 0.25) is 5.84 Å². The van der Waals surface area contributed by atoms with Gasteiger partial charge in [-0.2, -0.15) is 0 Å². The molecule has 0 aromatic carbocycles. The van der Waals surface area contributed by atoms with E-state index in [4.69, 9.17) is 10.8 Å². The molecule has 0 amide bonds. The van der Waals surface area contributed by atoms with Crippen molar-refractivity contribution in [2.45, 2.75) is 0 Å². The highest BCUT2D eigenvalue weighted by Gasteiger charge is 2.01. The number of carboxylic acid groups (broad SMARTS) is 1. The summed E-state index contributed by atoms with van der Waals surface area (Å²) in [5.41, 5.74) is 5.04. The van der Waals surface area contributed by atoms with E-state index < -0.39 is 11.8 Å². The van der Waals surface area contributed by atoms with E-state index in [9.17, 15) is 4.79 Å². The second kappa shape index (κ2) is 4.40. The van der Waals surface area contributed by atoms with Crippen LogP contribution < -0.4 is 5.73 Å². The Morgan fingerprint density at radius 1 is 1.42 bits per heavy atom. The minimum atomic E-state index is -1.22. The Morgan fingerprint density at radius 3 is 2.33 bits per heavy atom. The first-order chi connectivity index (χ1) is 5.20. The minimum absolute atomic E-state index is 0. The van der Waals surface area contributed by atoms with Gasteiger partial charge < -0.3 is 10.8 Å². The summed E-state index contributed by atoms with van der Waals surface area (Å²) in [6.45, 7) is 0. The quantitative estimate of drug-likeness (QED) is 0.486. The van der Waals surface area contributed by atoms with Crippen LogP contribution in [-0.4, -0.2) is 21.6 Å². The van der Waals surface area contributed by atoms with Gasteiger partial charge in [-0.1, -0.05) is 0 Å². The Balaban J connectivity index is 0.00000121. The molecule has 1 heterocycles. The Kier molecular flexibility index (Phi) is 3.85. The van der Waals surface area contributed by atoms with Crippen molar-refractivity contribution in [3.8, 4) is 0 Å². The van der Waals surface area contributed by atoms with E-state index in [0.29, 0.717) is 0 Å². The van der Waals surface area contributed by atoms with E-state index in [1.807, 2.05) is 0 Å². The highest BCUT2D eigenvalue weighted by atomic mass is 35.5. The molecule has 1 aromatic heterocycles. The van der Waals surface area contributed by atoms with Crippen molar-refractivity contribution in [2.75, 3.05) is 0 Å². The highest BCUT2D eigenvalue weighted by Crippen LogP contribution is 1.87. The number of hydrogen-bond donors (Lipinski definition) is 2. The van der Waals surface area contributed by atoms with Crippen molar-refractivity contribution in [2.24, 2.45) is 10.8 Å². The minimum Gasteiger partial charge on any atom is -0.475 e. The van der Waals surface area contributed by atoms with Crippen LogP contribution in [0.2, 0.25) is 0 Å². The molecule has 12 heavy (non-hydrogen) atoms. The van der Waals surface area contributed by atoms with Crippen molar-refractivity contribution in [1.29, 1.82) is 0 Å². The van der Waals surface area contributed by atoms with E-state index >= 15 is 0 Å². The average molecular weight is 190 g/mol. The molecule has 0 aliphatic carbocycles. The van der Waals surface area contributed by atoms with Gasteiger partial charge in [-0.3, -0.25) is 0 Å². The van der Waals surface area contributed by atoms with Crippen LogP contribution in [0.15, 0.2) is 29.6 Å². The maximum Gasteiger partial charge on any atom is 0.373 e. The fourth-order valence-corrected chi connectivity index (χ4v) is 0.559. The van der Waals surface area contributed by atoms with Gasteiger partial charge in [0.25, 0.3) is 0 Å². The number of carboxylic acids is 1. The molecule has 0 bridgehead atoms. The smallest absolute Gasteiger partial charge is 0.373 e. The fourth-order valence-electron chi connectivity index (χ4n) is 0.559. The van der Waals surface area contributed by atoms with Gasteiger partial charge in [0, 0.05) is 12.4 Å². The van der Waals surface area contributed by atoms with E-state index in [1.54, 1.807) is 24.5 Å². The zero-order valence-corrected chi connectivity index (χ0v) is 6.86. The molecular formula is C6H8ClN3O2. The van der Waals surface area contributed by atoms with Crippen LogP contribution >= 0.6 is 12.4 Å². The predicted octanol–water partition coefficient (Wildman–Crippen LogP) is 0.115. The lowest BCUT2D eigenvalue weighted by atomic mass is 10.6. The van der Waals surface area contributed by atoms with E-state index in [0.717, 1.165) is 0 Å². The lowest BCUT2D eigenvalue weighted by Crippen LogP contribution is -2.23. The number of hydrogen-bond acceptors (Lipinski definition) is 2. The number of carbonyl (C=O) groups is 1. The number of halogens is 1. The van der Waals surface area contributed by atoms with Crippen molar-refractivity contribution < 1.29 is 9.90 Å². The largest absolute Gasteiger partial charge is 0.475 e. The second-order valence-electron chi connectivity index (χ2n) is 1.85. The van der Waals surface area contributed by atoms with Crippen molar-refractivity contribution in [3.05, 3.63) is 24.5 Å². The van der Waals surface area contributed by atoms with Gasteiger partial charge in [0.1, 0.15) is 0 Å². The molecule has 0 fully saturated rings. The molecule has 1 aromatic rings. The Bertz CT molecular complexity index is 281. The molecule has 0 atom stereocenters. The van der Waals surface area contributed by atoms with Crippen LogP contribution in [0.4, 0.5) is 0 Å². The molecule has 0 aliphatic rings. The highest BCUT2D eigenvalue weighted by molar-refractivity contribution is 6.33. The van der Waals surface area contributed by atoms with Gasteiger partial charge in [-0.25, -0.2) is 9.47 Å². The molecule has 0 saturated carbocycles. The van der Waals surface area contributed by atoms with Crippen molar-refractivity contribution >= 4 is 24.2 Å². The lowest BCUT2D eigenvalue weighted by Gasteiger charge is -1.92. The van der Waals surface area contributed by atoms with E-state index in [-0.39, 0.29) is 12.4 Å². The Morgan fingerprint density at radius 2 is 1.92 bits per heavy atom. The fraction of sp³-hybridized carbons (Fsp3) is 0. The molecule has 0 saturated heterocycles. The normalized spacial score (nSPS) is 10.5. The molecule has 0 radical (unpaired) electrons. The van der Waals surface area contributed by atoms with Crippen LogP contribution in [-0.2, 0) is 4.79 Å². The Hall–Kier alpha value is -1.49. The average Bonchev–Trinajstić information content (AvgIpc) is 2.39. The second-order valence-corrected chi connectivity index (χ2v) is 1.85. The molecule has 3 N–H and O–H groups in total. The third kappa shape index (κ3) is 2.63. The van der Waals surface area contributed by atoms with E-state index in [2.05, 4.69) is 5.10 Å². The number of aliphatic carboxylic acids is 1. The number of aromatic nitrogens is 1. The number of nitrogens with zero attached hydrogens (tertiary/aromatic N) is 2. The molecule has 0 aliphatic heterocycles. The zero-order valence-electron chi connectivity index (χ0n) is 6.04. The van der Waals surface area contributed by atoms with Crippen LogP contribution in [0.3, 0.4) is 0 Å². The first-order valence-corrected chi connectivity index (χ1v) is 2.91. The first-order valence-electron chi connectivity index (χ1n) is 2.91. The standard InChI is InChI=1S/C6H7N3O2.ClH/c7-5(6(10)11)8-9-3-1-2-4-9;/h1-4H,(H2,7,8)(H,10,11);1H. The molecule has 66 valence electrons. The van der Waals surface area contributed by atoms with Gasteiger partial charge >= 0.3 is 5.97 Å². The van der Waals surface area contributed by atoms with Gasteiger partial charge in [0.05, 0.1) is 0 Å². The van der Waals surface area contributed by atoms with Crippen molar-refractivity contribution in [3.63, 3.8) is 0 Å². The predicted molar refractivity (Wildman–Crippen MR) is 46.3 cm³/mol. The summed E-state index contributed by atoms with van der Waals surface area (Å²) < 4.78 is 1.32. The summed E-state index contributed by atoms with van der Waals surface area (Å²) in [7, 11) is 0. The molecule has 0 spiro atoms.